The van der Waals surface area contributed by atoms with Crippen molar-refractivity contribution < 1.29 is 4.74 Å². The summed E-state index contributed by atoms with van der Waals surface area (Å²) in [4.78, 5) is 0. The highest BCUT2D eigenvalue weighted by Gasteiger charge is 2.16. The van der Waals surface area contributed by atoms with Gasteiger partial charge in [0.2, 0.25) is 0 Å². The lowest BCUT2D eigenvalue weighted by molar-refractivity contribution is 0.313. The van der Waals surface area contributed by atoms with Gasteiger partial charge in [0.1, 0.15) is 5.75 Å². The molecule has 0 bridgehead atoms. The van der Waals surface area contributed by atoms with Crippen LogP contribution in [-0.4, -0.2) is 12.6 Å². The highest BCUT2D eigenvalue weighted by atomic mass is 35.5. The quantitative estimate of drug-likeness (QED) is 0.890. The molecule has 0 saturated heterocycles. The Balaban J connectivity index is 0.00000162. The smallest absolute Gasteiger partial charge is 0.122 e. The molecule has 0 fully saturated rings. The van der Waals surface area contributed by atoms with Crippen LogP contribution >= 0.6 is 12.4 Å². The van der Waals surface area contributed by atoms with Crippen molar-refractivity contribution in [1.82, 2.24) is 0 Å². The highest BCUT2D eigenvalue weighted by Crippen LogP contribution is 2.30. The summed E-state index contributed by atoms with van der Waals surface area (Å²) in [6, 6.07) is 4.75. The van der Waals surface area contributed by atoms with Crippen LogP contribution < -0.4 is 10.5 Å². The molecule has 1 unspecified atom stereocenters. The zero-order valence-electron chi connectivity index (χ0n) is 11.4. The number of hydrogen-bond acceptors (Lipinski definition) is 2. The van der Waals surface area contributed by atoms with Gasteiger partial charge in [-0.2, -0.15) is 0 Å². The zero-order chi connectivity index (χ0) is 12.3. The van der Waals surface area contributed by atoms with E-state index in [2.05, 4.69) is 26.0 Å². The monoisotopic (exact) mass is 269 g/mol. The number of rotatable bonds is 5. The lowest BCUT2D eigenvalue weighted by Crippen LogP contribution is -2.18. The second kappa shape index (κ2) is 7.01. The molecule has 18 heavy (non-hydrogen) atoms. The van der Waals surface area contributed by atoms with Crippen LogP contribution in [0.3, 0.4) is 0 Å². The molecule has 1 aromatic rings. The van der Waals surface area contributed by atoms with Crippen molar-refractivity contribution in [2.24, 2.45) is 5.73 Å². The molecule has 1 atom stereocenters. The van der Waals surface area contributed by atoms with Crippen LogP contribution in [0.15, 0.2) is 12.1 Å². The number of benzene rings is 1. The molecular formula is C15H24ClNO. The van der Waals surface area contributed by atoms with Crippen molar-refractivity contribution >= 4 is 12.4 Å². The van der Waals surface area contributed by atoms with Crippen LogP contribution in [-0.2, 0) is 19.3 Å². The molecule has 0 saturated carbocycles. The Kier molecular flexibility index (Phi) is 5.97. The summed E-state index contributed by atoms with van der Waals surface area (Å²) in [5.41, 5.74) is 10.2. The average Bonchev–Trinajstić information content (AvgIpc) is 2.72. The van der Waals surface area contributed by atoms with Crippen molar-refractivity contribution in [3.63, 3.8) is 0 Å². The minimum atomic E-state index is 0. The minimum absolute atomic E-state index is 0. The fourth-order valence-corrected chi connectivity index (χ4v) is 2.51. The van der Waals surface area contributed by atoms with Gasteiger partial charge in [-0.05, 0) is 61.8 Å². The van der Waals surface area contributed by atoms with Gasteiger partial charge in [-0.1, -0.05) is 13.0 Å². The summed E-state index contributed by atoms with van der Waals surface area (Å²) in [5.74, 6) is 1.06. The van der Waals surface area contributed by atoms with E-state index < -0.39 is 0 Å². The maximum Gasteiger partial charge on any atom is 0.122 e. The number of halogens is 1. The third kappa shape index (κ3) is 3.63. The molecule has 2 rings (SSSR count). The first-order valence-corrected chi connectivity index (χ1v) is 6.73. The third-order valence-corrected chi connectivity index (χ3v) is 3.28. The van der Waals surface area contributed by atoms with Gasteiger partial charge >= 0.3 is 0 Å². The third-order valence-electron chi connectivity index (χ3n) is 3.28. The number of ether oxygens (including phenoxy) is 1. The molecule has 0 amide bonds. The molecule has 2 nitrogen and oxygen atoms in total. The SMILES string of the molecule is CCCOc1cc2c(cc1CC(C)N)CCC2.Cl. The Morgan fingerprint density at radius 2 is 1.94 bits per heavy atom. The lowest BCUT2D eigenvalue weighted by atomic mass is 10.0. The summed E-state index contributed by atoms with van der Waals surface area (Å²) in [7, 11) is 0. The predicted molar refractivity (Wildman–Crippen MR) is 78.9 cm³/mol. The first kappa shape index (κ1) is 15.3. The molecule has 1 aliphatic rings. The van der Waals surface area contributed by atoms with E-state index in [1.807, 2.05) is 0 Å². The average molecular weight is 270 g/mol. The Bertz CT molecular complexity index is 390. The summed E-state index contributed by atoms with van der Waals surface area (Å²) in [6.45, 7) is 4.99. The first-order chi connectivity index (χ1) is 8.20. The standard InChI is InChI=1S/C15H23NO.ClH/c1-3-7-17-15-10-13-6-4-5-12(13)9-14(15)8-11(2)16;/h9-11H,3-8,16H2,1-2H3;1H. The predicted octanol–water partition coefficient (Wildman–Crippen LogP) is 3.28. The normalized spacial score (nSPS) is 14.8. The fourth-order valence-electron chi connectivity index (χ4n) is 2.51. The molecule has 102 valence electrons. The molecule has 1 aliphatic carbocycles. The Morgan fingerprint density at radius 3 is 2.56 bits per heavy atom. The minimum Gasteiger partial charge on any atom is -0.493 e. The van der Waals surface area contributed by atoms with E-state index in [0.717, 1.165) is 25.2 Å². The summed E-state index contributed by atoms with van der Waals surface area (Å²) >= 11 is 0. The summed E-state index contributed by atoms with van der Waals surface area (Å²) < 4.78 is 5.86. The van der Waals surface area contributed by atoms with Crippen molar-refractivity contribution in [3.05, 3.63) is 28.8 Å². The molecule has 0 heterocycles. The van der Waals surface area contributed by atoms with Crippen molar-refractivity contribution in [3.8, 4) is 5.75 Å². The molecule has 3 heteroatoms. The van der Waals surface area contributed by atoms with Gasteiger partial charge in [-0.15, -0.1) is 12.4 Å². The summed E-state index contributed by atoms with van der Waals surface area (Å²) in [6.07, 6.45) is 5.66. The van der Waals surface area contributed by atoms with E-state index in [1.165, 1.54) is 36.0 Å². The van der Waals surface area contributed by atoms with Crippen LogP contribution in [0.25, 0.3) is 0 Å². The van der Waals surface area contributed by atoms with Gasteiger partial charge < -0.3 is 10.5 Å². The topological polar surface area (TPSA) is 35.2 Å². The largest absolute Gasteiger partial charge is 0.493 e. The molecule has 1 aromatic carbocycles. The van der Waals surface area contributed by atoms with E-state index in [0.29, 0.717) is 0 Å². The van der Waals surface area contributed by atoms with Crippen molar-refractivity contribution in [2.45, 2.75) is 52.0 Å². The molecule has 0 aliphatic heterocycles. The van der Waals surface area contributed by atoms with Crippen LogP contribution in [0.1, 0.15) is 43.4 Å². The molecular weight excluding hydrogens is 246 g/mol. The van der Waals surface area contributed by atoms with Gasteiger partial charge in [-0.25, -0.2) is 0 Å². The maximum absolute atomic E-state index is 5.91. The highest BCUT2D eigenvalue weighted by molar-refractivity contribution is 5.85. The number of aryl methyl sites for hydroxylation is 2. The van der Waals surface area contributed by atoms with Crippen LogP contribution in [0, 0.1) is 0 Å². The van der Waals surface area contributed by atoms with Crippen LogP contribution in [0.4, 0.5) is 0 Å². The Hall–Kier alpha value is -0.730. The zero-order valence-corrected chi connectivity index (χ0v) is 12.2. The Labute approximate surface area is 116 Å². The second-order valence-corrected chi connectivity index (χ2v) is 5.11. The number of hydrogen-bond donors (Lipinski definition) is 1. The second-order valence-electron chi connectivity index (χ2n) is 5.11. The molecule has 0 aromatic heterocycles. The van der Waals surface area contributed by atoms with Crippen LogP contribution in [0.5, 0.6) is 5.75 Å². The van der Waals surface area contributed by atoms with Crippen molar-refractivity contribution in [1.29, 1.82) is 0 Å². The van der Waals surface area contributed by atoms with E-state index in [4.69, 9.17) is 10.5 Å². The van der Waals surface area contributed by atoms with E-state index in [1.54, 1.807) is 0 Å². The van der Waals surface area contributed by atoms with Gasteiger partial charge in [-0.3, -0.25) is 0 Å². The van der Waals surface area contributed by atoms with E-state index in [9.17, 15) is 0 Å². The molecule has 0 radical (unpaired) electrons. The van der Waals surface area contributed by atoms with Crippen LogP contribution in [0.2, 0.25) is 0 Å². The van der Waals surface area contributed by atoms with Gasteiger partial charge in [0.25, 0.3) is 0 Å². The Morgan fingerprint density at radius 1 is 1.28 bits per heavy atom. The first-order valence-electron chi connectivity index (χ1n) is 6.73. The number of fused-ring (bicyclic) bond motifs is 1. The van der Waals surface area contributed by atoms with Gasteiger partial charge in [0.05, 0.1) is 6.61 Å². The van der Waals surface area contributed by atoms with Gasteiger partial charge in [0, 0.05) is 6.04 Å². The van der Waals surface area contributed by atoms with Crippen molar-refractivity contribution in [2.75, 3.05) is 6.61 Å². The van der Waals surface area contributed by atoms with E-state index in [-0.39, 0.29) is 18.4 Å². The molecule has 2 N–H and O–H groups in total. The summed E-state index contributed by atoms with van der Waals surface area (Å²) in [5, 5.41) is 0. The fraction of sp³-hybridized carbons (Fsp3) is 0.600. The number of nitrogens with two attached hydrogens (primary N) is 1. The molecule has 0 spiro atoms. The maximum atomic E-state index is 5.91. The lowest BCUT2D eigenvalue weighted by Gasteiger charge is -2.15. The van der Waals surface area contributed by atoms with E-state index >= 15 is 0 Å². The van der Waals surface area contributed by atoms with Gasteiger partial charge in [0.15, 0.2) is 0 Å².